The van der Waals surface area contributed by atoms with Gasteiger partial charge in [0.25, 0.3) is 0 Å². The SMILES string of the molecule is N[C@@H](CSSC[C@H](N)C(=O)O)C(=O)O.[Ca+2].[H-].[H-]. The number of rotatable bonds is 7. The maximum Gasteiger partial charge on any atom is 2.00 e. The second kappa shape index (κ2) is 10.0. The van der Waals surface area contributed by atoms with Gasteiger partial charge in [-0.25, -0.2) is 0 Å². The van der Waals surface area contributed by atoms with E-state index in [4.69, 9.17) is 21.7 Å². The predicted molar refractivity (Wildman–Crippen MR) is 64.1 cm³/mol. The van der Waals surface area contributed by atoms with Crippen LogP contribution < -0.4 is 11.5 Å². The van der Waals surface area contributed by atoms with E-state index in [2.05, 4.69) is 0 Å². The van der Waals surface area contributed by atoms with Crippen LogP contribution in [0.5, 0.6) is 0 Å². The minimum atomic E-state index is -1.07. The Morgan fingerprint density at radius 2 is 1.33 bits per heavy atom. The van der Waals surface area contributed by atoms with E-state index in [0.29, 0.717) is 0 Å². The van der Waals surface area contributed by atoms with E-state index in [-0.39, 0.29) is 52.1 Å². The molecule has 15 heavy (non-hydrogen) atoms. The number of nitrogens with two attached hydrogens (primary N) is 2. The summed E-state index contributed by atoms with van der Waals surface area (Å²) in [5.74, 6) is -1.68. The molecule has 0 unspecified atom stereocenters. The van der Waals surface area contributed by atoms with Crippen LogP contribution in [0.15, 0.2) is 0 Å². The van der Waals surface area contributed by atoms with Crippen LogP contribution in [0.4, 0.5) is 0 Å². The summed E-state index contributed by atoms with van der Waals surface area (Å²) in [4.78, 5) is 20.5. The van der Waals surface area contributed by atoms with E-state index >= 15 is 0 Å². The van der Waals surface area contributed by atoms with E-state index in [1.54, 1.807) is 0 Å². The summed E-state index contributed by atoms with van der Waals surface area (Å²) in [6, 6.07) is -1.85. The molecule has 0 saturated carbocycles. The number of hydrogen-bond donors (Lipinski definition) is 4. The molecule has 2 atom stereocenters. The molecule has 0 amide bonds. The van der Waals surface area contributed by atoms with Gasteiger partial charge in [0.1, 0.15) is 12.1 Å². The largest absolute Gasteiger partial charge is 2.00 e. The van der Waals surface area contributed by atoms with Gasteiger partial charge in [0.2, 0.25) is 0 Å². The zero-order valence-electron chi connectivity index (χ0n) is 9.96. The monoisotopic (exact) mass is 282 g/mol. The van der Waals surface area contributed by atoms with Gasteiger partial charge in [-0.2, -0.15) is 0 Å². The molecular weight excluding hydrogens is 268 g/mol. The molecule has 0 aliphatic rings. The third-order valence-electron chi connectivity index (χ3n) is 1.21. The summed E-state index contributed by atoms with van der Waals surface area (Å²) in [6.07, 6.45) is 0. The van der Waals surface area contributed by atoms with Gasteiger partial charge in [-0.15, -0.1) is 0 Å². The predicted octanol–water partition coefficient (Wildman–Crippen LogP) is -0.964. The van der Waals surface area contributed by atoms with Gasteiger partial charge in [-0.1, -0.05) is 21.6 Å². The van der Waals surface area contributed by atoms with Crippen LogP contribution in [0, 0.1) is 0 Å². The summed E-state index contributed by atoms with van der Waals surface area (Å²) in [6.45, 7) is 0. The van der Waals surface area contributed by atoms with Crippen molar-refractivity contribution in [3.8, 4) is 0 Å². The molecule has 0 aliphatic heterocycles. The average molecular weight is 282 g/mol. The zero-order chi connectivity index (χ0) is 11.1. The first-order valence-corrected chi connectivity index (χ1v) is 6.15. The van der Waals surface area contributed by atoms with Crippen molar-refractivity contribution in [3.05, 3.63) is 0 Å². The summed E-state index contributed by atoms with van der Waals surface area (Å²) < 4.78 is 0. The molecule has 0 spiro atoms. The number of hydrogen-bond acceptors (Lipinski definition) is 6. The van der Waals surface area contributed by atoms with E-state index in [0.717, 1.165) is 0 Å². The van der Waals surface area contributed by atoms with Crippen LogP contribution >= 0.6 is 21.6 Å². The van der Waals surface area contributed by atoms with E-state index < -0.39 is 24.0 Å². The average Bonchev–Trinajstić information content (AvgIpc) is 2.11. The third kappa shape index (κ3) is 9.73. The van der Waals surface area contributed by atoms with Crippen molar-refractivity contribution in [1.82, 2.24) is 0 Å². The van der Waals surface area contributed by atoms with Gasteiger partial charge in [-0.3, -0.25) is 9.59 Å². The van der Waals surface area contributed by atoms with Crippen LogP contribution in [0.3, 0.4) is 0 Å². The molecule has 0 aromatic rings. The number of carbonyl (C=O) groups is 2. The molecule has 9 heteroatoms. The fourth-order valence-electron chi connectivity index (χ4n) is 0.385. The Bertz CT molecular complexity index is 206. The summed E-state index contributed by atoms with van der Waals surface area (Å²) in [7, 11) is 2.41. The fourth-order valence-corrected chi connectivity index (χ4v) is 2.61. The minimum absolute atomic E-state index is 0. The van der Waals surface area contributed by atoms with Crippen LogP contribution in [0.25, 0.3) is 0 Å². The van der Waals surface area contributed by atoms with E-state index in [1.165, 1.54) is 21.6 Å². The van der Waals surface area contributed by atoms with Crippen molar-refractivity contribution in [1.29, 1.82) is 0 Å². The molecule has 0 bridgehead atoms. The topological polar surface area (TPSA) is 127 Å². The molecule has 0 aromatic carbocycles. The molecule has 0 radical (unpaired) electrons. The Labute approximate surface area is 128 Å². The van der Waals surface area contributed by atoms with Crippen LogP contribution in [0.1, 0.15) is 2.85 Å². The molecule has 0 aromatic heterocycles. The molecule has 0 heterocycles. The number of carboxylic acids is 2. The molecule has 0 saturated heterocycles. The summed E-state index contributed by atoms with van der Waals surface area (Å²) in [5, 5.41) is 16.8. The van der Waals surface area contributed by atoms with Gasteiger partial charge in [-0.05, 0) is 0 Å². The normalized spacial score (nSPS) is 13.7. The molecule has 0 rings (SSSR count). The number of aliphatic carboxylic acids is 2. The molecule has 6 nitrogen and oxygen atoms in total. The second-order valence-corrected chi connectivity index (χ2v) is 5.01. The van der Waals surface area contributed by atoms with Crippen LogP contribution in [0.2, 0.25) is 0 Å². The maximum atomic E-state index is 10.3. The van der Waals surface area contributed by atoms with Crippen LogP contribution in [-0.4, -0.2) is 83.5 Å². The third-order valence-corrected chi connectivity index (χ3v) is 3.69. The molecule has 6 N–H and O–H groups in total. The van der Waals surface area contributed by atoms with E-state index in [9.17, 15) is 9.59 Å². The first kappa shape index (κ1) is 18.2. The zero-order valence-corrected chi connectivity index (χ0v) is 11.8. The first-order valence-electron chi connectivity index (χ1n) is 3.66. The minimum Gasteiger partial charge on any atom is -1.00 e. The summed E-state index contributed by atoms with van der Waals surface area (Å²) in [5.41, 5.74) is 10.4. The smallest absolute Gasteiger partial charge is 1.00 e. The van der Waals surface area contributed by atoms with Gasteiger partial charge >= 0.3 is 49.7 Å². The van der Waals surface area contributed by atoms with E-state index in [1.807, 2.05) is 0 Å². The maximum absolute atomic E-state index is 10.3. The Morgan fingerprint density at radius 3 is 1.53 bits per heavy atom. The molecular formula is C6H14CaN2O4S2. The molecule has 0 fully saturated rings. The Balaban J connectivity index is -0.000000282. The number of carboxylic acid groups (broad SMARTS) is 2. The van der Waals surface area contributed by atoms with Gasteiger partial charge in [0.05, 0.1) is 0 Å². The second-order valence-electron chi connectivity index (χ2n) is 2.46. The Kier molecular flexibility index (Phi) is 12.1. The Morgan fingerprint density at radius 1 is 1.07 bits per heavy atom. The standard InChI is InChI=1S/C6H12N2O4S2.Ca.2H/c7-3(5(9)10)1-13-14-2-4(8)6(11)12;;;/h3-4H,1-2,7-8H2,(H,9,10)(H,11,12);;;/q;+2;2*-1/t3-,4-;;;/m0.../s1. The molecule has 0 aliphatic carbocycles. The van der Waals surface area contributed by atoms with Gasteiger partial charge < -0.3 is 24.5 Å². The first-order chi connectivity index (χ1) is 6.45. The van der Waals surface area contributed by atoms with Crippen molar-refractivity contribution in [2.45, 2.75) is 12.1 Å². The van der Waals surface area contributed by atoms with Gasteiger partial charge in [0.15, 0.2) is 0 Å². The Hall–Kier alpha value is 0.820. The summed E-state index contributed by atoms with van der Waals surface area (Å²) >= 11 is 0. The van der Waals surface area contributed by atoms with Crippen molar-refractivity contribution in [3.63, 3.8) is 0 Å². The van der Waals surface area contributed by atoms with Crippen LogP contribution in [-0.2, 0) is 9.59 Å². The van der Waals surface area contributed by atoms with Crippen molar-refractivity contribution in [2.24, 2.45) is 11.5 Å². The quantitative estimate of drug-likeness (QED) is 0.267. The van der Waals surface area contributed by atoms with Crippen molar-refractivity contribution < 1.29 is 22.7 Å². The fraction of sp³-hybridized carbons (Fsp3) is 0.667. The molecule has 86 valence electrons. The van der Waals surface area contributed by atoms with Crippen molar-refractivity contribution >= 4 is 71.3 Å². The van der Waals surface area contributed by atoms with Gasteiger partial charge in [0, 0.05) is 11.5 Å². The van der Waals surface area contributed by atoms with Crippen molar-refractivity contribution in [2.75, 3.05) is 11.5 Å².